The molecular weight excluding hydrogens is 366 g/mol. The molecule has 0 aromatic carbocycles. The van der Waals surface area contributed by atoms with E-state index in [1.807, 2.05) is 6.92 Å². The van der Waals surface area contributed by atoms with Crippen LogP contribution in [0.25, 0.3) is 10.3 Å². The molecule has 0 saturated carbocycles. The average molecular weight is 396 g/mol. The maximum Gasteiger partial charge on any atom is 0.170 e. The van der Waals surface area contributed by atoms with Crippen LogP contribution in [-0.4, -0.2) is 39.0 Å². The van der Waals surface area contributed by atoms with Crippen LogP contribution in [0.1, 0.15) is 53.5 Å². The highest BCUT2D eigenvalue weighted by atomic mass is 32.1. The molecule has 4 rings (SSSR count). The molecule has 0 aliphatic carbocycles. The molecule has 5 nitrogen and oxygen atoms in total. The number of hydrogen-bond acceptors (Lipinski definition) is 6. The van der Waals surface area contributed by atoms with E-state index < -0.39 is 0 Å². The lowest BCUT2D eigenvalue weighted by Gasteiger charge is -2.37. The Morgan fingerprint density at radius 1 is 1.14 bits per heavy atom. The van der Waals surface area contributed by atoms with Gasteiger partial charge in [-0.05, 0) is 76.9 Å². The highest BCUT2D eigenvalue weighted by molar-refractivity contribution is 7.18. The zero-order chi connectivity index (χ0) is 19.7. The maximum atomic E-state index is 4.84. The topological polar surface area (TPSA) is 53.9 Å². The molecule has 1 fully saturated rings. The molecular formula is C22H29N5S. The number of rotatable bonds is 5. The Kier molecular flexibility index (Phi) is 5.71. The molecule has 0 amide bonds. The molecule has 3 aromatic heterocycles. The molecule has 1 N–H and O–H groups in total. The summed E-state index contributed by atoms with van der Waals surface area (Å²) in [5.74, 6) is 0. The maximum absolute atomic E-state index is 4.84. The van der Waals surface area contributed by atoms with Crippen LogP contribution in [0.3, 0.4) is 0 Å². The van der Waals surface area contributed by atoms with Crippen molar-refractivity contribution in [3.8, 4) is 0 Å². The fourth-order valence-corrected chi connectivity index (χ4v) is 4.94. The lowest BCUT2D eigenvalue weighted by molar-refractivity contribution is 0.143. The van der Waals surface area contributed by atoms with E-state index in [1.54, 1.807) is 11.3 Å². The van der Waals surface area contributed by atoms with Crippen LogP contribution >= 0.6 is 11.3 Å². The van der Waals surface area contributed by atoms with Gasteiger partial charge in [0.25, 0.3) is 0 Å². The molecule has 2 atom stereocenters. The Labute approximate surface area is 171 Å². The predicted molar refractivity (Wildman–Crippen MR) is 116 cm³/mol. The van der Waals surface area contributed by atoms with Crippen molar-refractivity contribution in [3.05, 3.63) is 51.9 Å². The largest absolute Gasteiger partial charge is 0.309 e. The molecule has 1 unspecified atom stereocenters. The van der Waals surface area contributed by atoms with Crippen molar-refractivity contribution in [1.82, 2.24) is 25.2 Å². The zero-order valence-electron chi connectivity index (χ0n) is 17.2. The number of thiazole rings is 1. The molecule has 1 saturated heterocycles. The van der Waals surface area contributed by atoms with Gasteiger partial charge in [-0.25, -0.2) is 9.97 Å². The van der Waals surface area contributed by atoms with Gasteiger partial charge in [-0.1, -0.05) is 0 Å². The lowest BCUT2D eigenvalue weighted by atomic mass is 10.0. The van der Waals surface area contributed by atoms with Gasteiger partial charge in [0.1, 0.15) is 0 Å². The number of hydrogen-bond donors (Lipinski definition) is 1. The lowest BCUT2D eigenvalue weighted by Crippen LogP contribution is -2.46. The van der Waals surface area contributed by atoms with Crippen LogP contribution < -0.4 is 5.32 Å². The van der Waals surface area contributed by atoms with Crippen molar-refractivity contribution >= 4 is 21.7 Å². The van der Waals surface area contributed by atoms with Crippen molar-refractivity contribution in [2.45, 2.75) is 59.2 Å². The van der Waals surface area contributed by atoms with Gasteiger partial charge in [0.05, 0.1) is 15.4 Å². The third kappa shape index (κ3) is 4.40. The van der Waals surface area contributed by atoms with E-state index >= 15 is 0 Å². The molecule has 0 radical (unpaired) electrons. The standard InChI is InChI=1S/C22H29N5S/c1-14-10-18(11-15(2)24-14)12-23-19-6-5-9-27(13-19)16(3)20-7-8-21-22(26-20)25-17(4)28-21/h7-8,10-11,16,19,23H,5-6,9,12-13H2,1-4H3/t16?,19-/m0/s1. The van der Waals surface area contributed by atoms with Crippen LogP contribution in [0.15, 0.2) is 24.3 Å². The van der Waals surface area contributed by atoms with Crippen molar-refractivity contribution in [2.75, 3.05) is 13.1 Å². The van der Waals surface area contributed by atoms with Crippen LogP contribution in [0.2, 0.25) is 0 Å². The SMILES string of the molecule is Cc1cc(CN[C@H]2CCCN(C(C)c3ccc4sc(C)nc4n3)C2)cc(C)n1. The molecule has 148 valence electrons. The summed E-state index contributed by atoms with van der Waals surface area (Å²) < 4.78 is 1.18. The first-order valence-electron chi connectivity index (χ1n) is 10.1. The second kappa shape index (κ2) is 8.23. The number of nitrogens with zero attached hydrogens (tertiary/aromatic N) is 4. The molecule has 4 heterocycles. The van der Waals surface area contributed by atoms with Crippen LogP contribution in [0, 0.1) is 20.8 Å². The smallest absolute Gasteiger partial charge is 0.170 e. The predicted octanol–water partition coefficient (Wildman–Crippen LogP) is 4.33. The summed E-state index contributed by atoms with van der Waals surface area (Å²) in [6, 6.07) is 9.52. The molecule has 6 heteroatoms. The number of piperidine rings is 1. The number of fused-ring (bicyclic) bond motifs is 1. The van der Waals surface area contributed by atoms with Gasteiger partial charge in [-0.3, -0.25) is 9.88 Å². The van der Waals surface area contributed by atoms with Gasteiger partial charge in [-0.15, -0.1) is 11.3 Å². The van der Waals surface area contributed by atoms with Gasteiger partial charge in [0.15, 0.2) is 5.65 Å². The zero-order valence-corrected chi connectivity index (χ0v) is 18.0. The highest BCUT2D eigenvalue weighted by Gasteiger charge is 2.25. The minimum absolute atomic E-state index is 0.307. The molecule has 0 bridgehead atoms. The normalized spacial score (nSPS) is 19.2. The van der Waals surface area contributed by atoms with E-state index in [9.17, 15) is 0 Å². The number of aryl methyl sites for hydroxylation is 3. The van der Waals surface area contributed by atoms with Gasteiger partial charge in [-0.2, -0.15) is 0 Å². The van der Waals surface area contributed by atoms with Crippen LogP contribution in [0.4, 0.5) is 0 Å². The first kappa shape index (κ1) is 19.4. The second-order valence-electron chi connectivity index (χ2n) is 7.94. The van der Waals surface area contributed by atoms with E-state index in [4.69, 9.17) is 4.98 Å². The molecule has 1 aliphatic heterocycles. The quantitative estimate of drug-likeness (QED) is 0.697. The third-order valence-electron chi connectivity index (χ3n) is 5.55. The Hall–Kier alpha value is -1.89. The van der Waals surface area contributed by atoms with Gasteiger partial charge < -0.3 is 5.32 Å². The van der Waals surface area contributed by atoms with Crippen LogP contribution in [-0.2, 0) is 6.54 Å². The summed E-state index contributed by atoms with van der Waals surface area (Å²) in [5, 5.41) is 4.84. The minimum atomic E-state index is 0.307. The second-order valence-corrected chi connectivity index (χ2v) is 9.17. The molecule has 0 spiro atoms. The Morgan fingerprint density at radius 3 is 2.71 bits per heavy atom. The van der Waals surface area contributed by atoms with Gasteiger partial charge in [0, 0.05) is 36.6 Å². The highest BCUT2D eigenvalue weighted by Crippen LogP contribution is 2.26. The summed E-state index contributed by atoms with van der Waals surface area (Å²) in [4.78, 5) is 16.4. The van der Waals surface area contributed by atoms with E-state index in [2.05, 4.69) is 65.2 Å². The van der Waals surface area contributed by atoms with Gasteiger partial charge in [0.2, 0.25) is 0 Å². The van der Waals surface area contributed by atoms with Crippen molar-refractivity contribution in [1.29, 1.82) is 0 Å². The number of pyridine rings is 2. The number of nitrogens with one attached hydrogen (secondary N) is 1. The Balaban J connectivity index is 1.40. The van der Waals surface area contributed by atoms with E-state index in [1.165, 1.54) is 23.1 Å². The molecule has 3 aromatic rings. The molecule has 28 heavy (non-hydrogen) atoms. The number of aromatic nitrogens is 3. The minimum Gasteiger partial charge on any atom is -0.309 e. The summed E-state index contributed by atoms with van der Waals surface area (Å²) in [7, 11) is 0. The number of likely N-dealkylation sites (tertiary alicyclic amines) is 1. The fourth-order valence-electron chi connectivity index (χ4n) is 4.17. The monoisotopic (exact) mass is 395 g/mol. The Bertz CT molecular complexity index is 946. The van der Waals surface area contributed by atoms with Crippen molar-refractivity contribution in [3.63, 3.8) is 0 Å². The third-order valence-corrected chi connectivity index (χ3v) is 6.47. The van der Waals surface area contributed by atoms with Crippen LogP contribution in [0.5, 0.6) is 0 Å². The molecule has 1 aliphatic rings. The Morgan fingerprint density at radius 2 is 1.93 bits per heavy atom. The first-order valence-corrected chi connectivity index (χ1v) is 11.0. The van der Waals surface area contributed by atoms with E-state index in [0.717, 1.165) is 47.4 Å². The summed E-state index contributed by atoms with van der Waals surface area (Å²) in [5.41, 5.74) is 5.52. The van der Waals surface area contributed by atoms with Crippen molar-refractivity contribution in [2.24, 2.45) is 0 Å². The van der Waals surface area contributed by atoms with Crippen molar-refractivity contribution < 1.29 is 0 Å². The first-order chi connectivity index (χ1) is 13.5. The van der Waals surface area contributed by atoms with Gasteiger partial charge >= 0.3 is 0 Å². The summed E-state index contributed by atoms with van der Waals surface area (Å²) >= 11 is 1.71. The van der Waals surface area contributed by atoms with E-state index in [0.29, 0.717) is 12.1 Å². The summed E-state index contributed by atoms with van der Waals surface area (Å²) in [6.07, 6.45) is 2.44. The summed E-state index contributed by atoms with van der Waals surface area (Å²) in [6.45, 7) is 11.5. The average Bonchev–Trinajstić information content (AvgIpc) is 3.04. The fraction of sp³-hybridized carbons (Fsp3) is 0.500. The van der Waals surface area contributed by atoms with E-state index in [-0.39, 0.29) is 0 Å².